The molecule has 0 saturated heterocycles. The van der Waals surface area contributed by atoms with Gasteiger partial charge >= 0.3 is 6.18 Å². The Morgan fingerprint density at radius 1 is 0.970 bits per heavy atom. The minimum absolute atomic E-state index is 0. The van der Waals surface area contributed by atoms with Gasteiger partial charge < -0.3 is 11.7 Å². The molecule has 170 valence electrons. The molecule has 0 radical (unpaired) electrons. The average Bonchev–Trinajstić information content (AvgIpc) is 3.15. The van der Waals surface area contributed by atoms with Gasteiger partial charge in [0.15, 0.2) is 0 Å². The van der Waals surface area contributed by atoms with Crippen molar-refractivity contribution in [2.75, 3.05) is 6.61 Å². The fourth-order valence-corrected chi connectivity index (χ4v) is 3.54. The molecule has 0 unspecified atom stereocenters. The third-order valence-electron chi connectivity index (χ3n) is 4.87. The van der Waals surface area contributed by atoms with Crippen LogP contribution < -0.4 is 4.74 Å². The summed E-state index contributed by atoms with van der Waals surface area (Å²) < 4.78 is 60.4. The summed E-state index contributed by atoms with van der Waals surface area (Å²) in [6, 6.07) is 16.2. The van der Waals surface area contributed by atoms with Gasteiger partial charge in [-0.2, -0.15) is 22.7 Å². The summed E-state index contributed by atoms with van der Waals surface area (Å²) in [5, 5.41) is 6.30. The first-order chi connectivity index (χ1) is 15.4. The van der Waals surface area contributed by atoms with E-state index in [1.807, 2.05) is 0 Å². The Hall–Kier alpha value is -2.99. The number of ether oxygens (including phenoxy) is 1. The maximum absolute atomic E-state index is 14.2. The van der Waals surface area contributed by atoms with E-state index in [0.29, 0.717) is 33.7 Å². The van der Waals surface area contributed by atoms with Crippen LogP contribution in [0.15, 0.2) is 66.9 Å². The van der Waals surface area contributed by atoms with Crippen LogP contribution in [0, 0.1) is 12.9 Å². The number of nitrogens with zero attached hydrogens (tertiary/aromatic N) is 2. The molecule has 2 aromatic heterocycles. The fraction of sp³-hybridized carbons (Fsp3) is 0.125. The van der Waals surface area contributed by atoms with Crippen LogP contribution in [-0.2, 0) is 21.1 Å². The number of H-pyrrole nitrogens is 1. The predicted molar refractivity (Wildman–Crippen MR) is 114 cm³/mol. The van der Waals surface area contributed by atoms with Crippen molar-refractivity contribution >= 4 is 22.0 Å². The fourth-order valence-electron chi connectivity index (χ4n) is 3.54. The van der Waals surface area contributed by atoms with Gasteiger partial charge in [0.1, 0.15) is 0 Å². The number of aromatic amines is 1. The molecule has 4 nitrogen and oxygen atoms in total. The summed E-state index contributed by atoms with van der Waals surface area (Å²) in [4.78, 5) is 4.19. The monoisotopic (exact) mass is 624 g/mol. The second-order valence-corrected chi connectivity index (χ2v) is 7.01. The standard InChI is InChI=1S/C24H18F4N3O.W/c1-2-32-21-11-9-17(14-29-21)22(16-8-10-20-18(12-16)23(25)31-30-20)19(13-24(26,27)28)15-6-4-3-5-7-15;/h3-12,14H,1-2,13H2,(H,30,31);/q-1;/b22-19-;. The molecule has 9 heteroatoms. The first kappa shape index (κ1) is 24.6. The quantitative estimate of drug-likeness (QED) is 0.158. The molecule has 0 amide bonds. The van der Waals surface area contributed by atoms with Crippen molar-refractivity contribution in [2.24, 2.45) is 0 Å². The van der Waals surface area contributed by atoms with Crippen molar-refractivity contribution in [3.63, 3.8) is 0 Å². The van der Waals surface area contributed by atoms with E-state index in [2.05, 4.69) is 22.1 Å². The van der Waals surface area contributed by atoms with Crippen LogP contribution in [-0.4, -0.2) is 28.0 Å². The van der Waals surface area contributed by atoms with Crippen LogP contribution in [0.3, 0.4) is 0 Å². The first-order valence-corrected chi connectivity index (χ1v) is 9.73. The zero-order chi connectivity index (χ0) is 22.7. The molecular formula is C24H18F4N3OW-. The van der Waals surface area contributed by atoms with Crippen molar-refractivity contribution in [1.29, 1.82) is 0 Å². The minimum atomic E-state index is -4.47. The second-order valence-electron chi connectivity index (χ2n) is 7.01. The predicted octanol–water partition coefficient (Wildman–Crippen LogP) is 6.22. The molecule has 0 atom stereocenters. The number of allylic oxidation sites excluding steroid dienone is 1. The topological polar surface area (TPSA) is 50.8 Å². The molecule has 0 fully saturated rings. The Balaban J connectivity index is 0.00000306. The molecule has 2 aromatic carbocycles. The van der Waals surface area contributed by atoms with Crippen LogP contribution in [0.5, 0.6) is 5.88 Å². The van der Waals surface area contributed by atoms with Crippen LogP contribution in [0.25, 0.3) is 22.0 Å². The number of aromatic nitrogens is 3. The van der Waals surface area contributed by atoms with Crippen molar-refractivity contribution in [1.82, 2.24) is 15.2 Å². The molecule has 0 aliphatic rings. The Kier molecular flexibility index (Phi) is 7.69. The van der Waals surface area contributed by atoms with Gasteiger partial charge in [-0.1, -0.05) is 36.4 Å². The van der Waals surface area contributed by atoms with Crippen molar-refractivity contribution in [3.05, 3.63) is 96.4 Å². The summed E-state index contributed by atoms with van der Waals surface area (Å²) in [6.45, 7) is 3.75. The van der Waals surface area contributed by atoms with Crippen LogP contribution in [0.2, 0.25) is 0 Å². The third kappa shape index (κ3) is 5.69. The SMILES string of the molecule is [CH2-]COc1ccc(/C(=C(/CC(F)(F)F)c2ccccc2)c2ccc3n[nH]c(F)c3c2)cn1.[W]. The van der Waals surface area contributed by atoms with E-state index in [4.69, 9.17) is 4.74 Å². The van der Waals surface area contributed by atoms with Gasteiger partial charge in [0.2, 0.25) is 11.8 Å². The Morgan fingerprint density at radius 3 is 2.33 bits per heavy atom. The first-order valence-electron chi connectivity index (χ1n) is 9.73. The number of alkyl halides is 3. The van der Waals surface area contributed by atoms with E-state index < -0.39 is 18.5 Å². The number of nitrogens with one attached hydrogen (secondary N) is 1. The number of fused-ring (bicyclic) bond motifs is 1. The van der Waals surface area contributed by atoms with Crippen LogP contribution >= 0.6 is 0 Å². The summed E-state index contributed by atoms with van der Waals surface area (Å²) in [6.07, 6.45) is -4.20. The normalized spacial score (nSPS) is 12.3. The largest absolute Gasteiger partial charge is 0.511 e. The molecule has 2 heterocycles. The number of benzene rings is 2. The van der Waals surface area contributed by atoms with Gasteiger partial charge in [0.25, 0.3) is 0 Å². The van der Waals surface area contributed by atoms with Crippen LogP contribution in [0.4, 0.5) is 17.6 Å². The van der Waals surface area contributed by atoms with Gasteiger partial charge in [-0.15, -0.1) is 0 Å². The molecule has 0 bridgehead atoms. The van der Waals surface area contributed by atoms with Crippen molar-refractivity contribution in [3.8, 4) is 5.88 Å². The van der Waals surface area contributed by atoms with Gasteiger partial charge in [0.05, 0.1) is 17.3 Å². The van der Waals surface area contributed by atoms with E-state index in [0.717, 1.165) is 0 Å². The van der Waals surface area contributed by atoms with Gasteiger partial charge in [-0.05, 0) is 47.1 Å². The number of hydrogen-bond donors (Lipinski definition) is 1. The Morgan fingerprint density at radius 2 is 1.70 bits per heavy atom. The Bertz CT molecular complexity index is 1250. The van der Waals surface area contributed by atoms with Crippen molar-refractivity contribution in [2.45, 2.75) is 12.6 Å². The molecule has 0 spiro atoms. The zero-order valence-electron chi connectivity index (χ0n) is 17.2. The molecule has 0 aliphatic carbocycles. The minimum Gasteiger partial charge on any atom is -0.511 e. The number of halogens is 4. The Labute approximate surface area is 202 Å². The van der Waals surface area contributed by atoms with E-state index in [1.54, 1.807) is 54.6 Å². The summed E-state index contributed by atoms with van der Waals surface area (Å²) in [5.74, 6) is -0.355. The van der Waals surface area contributed by atoms with E-state index in [1.165, 1.54) is 12.3 Å². The number of hydrogen-bond acceptors (Lipinski definition) is 3. The van der Waals surface area contributed by atoms with Gasteiger partial charge in [0, 0.05) is 38.9 Å². The molecule has 0 saturated carbocycles. The second kappa shape index (κ2) is 10.3. The number of rotatable bonds is 6. The molecule has 1 N–H and O–H groups in total. The smallest absolute Gasteiger partial charge is 0.393 e. The van der Waals surface area contributed by atoms with Gasteiger partial charge in [-0.3, -0.25) is 5.10 Å². The molecule has 4 aromatic rings. The summed E-state index contributed by atoms with van der Waals surface area (Å²) >= 11 is 0. The molecule has 0 aliphatic heterocycles. The maximum atomic E-state index is 14.2. The average molecular weight is 624 g/mol. The van der Waals surface area contributed by atoms with Crippen molar-refractivity contribution < 1.29 is 43.4 Å². The van der Waals surface area contributed by atoms with Crippen LogP contribution in [0.1, 0.15) is 23.1 Å². The van der Waals surface area contributed by atoms with Gasteiger partial charge in [-0.25, -0.2) is 4.98 Å². The number of pyridine rings is 1. The zero-order valence-corrected chi connectivity index (χ0v) is 20.1. The molecule has 4 rings (SSSR count). The molecular weight excluding hydrogens is 606 g/mol. The van der Waals surface area contributed by atoms with E-state index in [9.17, 15) is 17.6 Å². The summed E-state index contributed by atoms with van der Waals surface area (Å²) in [7, 11) is 0. The summed E-state index contributed by atoms with van der Waals surface area (Å²) in [5.41, 5.74) is 1.98. The van der Waals surface area contributed by atoms with E-state index >= 15 is 0 Å². The third-order valence-corrected chi connectivity index (χ3v) is 4.87. The van der Waals surface area contributed by atoms with E-state index in [-0.39, 0.29) is 38.6 Å². The maximum Gasteiger partial charge on any atom is 0.393 e. The molecule has 33 heavy (non-hydrogen) atoms.